The van der Waals surface area contributed by atoms with E-state index in [1.165, 1.54) is 12.1 Å². The summed E-state index contributed by atoms with van der Waals surface area (Å²) in [5, 5.41) is 9.23. The van der Waals surface area contributed by atoms with Gasteiger partial charge in [-0.1, -0.05) is 44.5 Å². The van der Waals surface area contributed by atoms with E-state index in [0.717, 1.165) is 17.2 Å². The second kappa shape index (κ2) is 7.54. The minimum absolute atomic E-state index is 0.0542. The molecule has 1 atom stereocenters. The number of benzene rings is 2. The molecule has 2 aromatic rings. The smallest absolute Gasteiger partial charge is 0.430 e. The molecule has 4 nitrogen and oxygen atoms in total. The largest absolute Gasteiger partial charge is 0.478 e. The molecule has 3 rings (SSSR count). The van der Waals surface area contributed by atoms with Crippen molar-refractivity contribution in [2.75, 3.05) is 0 Å². The number of hydrogen-bond acceptors (Lipinski definition) is 3. The number of aliphatic carboxylic acids is 1. The molecule has 160 valence electrons. The third-order valence-electron chi connectivity index (χ3n) is 4.71. The number of rotatable bonds is 3. The number of carboxylic acids is 1. The highest BCUT2D eigenvalue weighted by atomic mass is 35.5. The van der Waals surface area contributed by atoms with E-state index in [1.54, 1.807) is 6.07 Å². The summed E-state index contributed by atoms with van der Waals surface area (Å²) in [6, 6.07) is 8.21. The normalized spacial score (nSPS) is 16.4. The molecule has 0 aliphatic carbocycles. The van der Waals surface area contributed by atoms with Crippen LogP contribution < -0.4 is 9.47 Å². The Morgan fingerprint density at radius 3 is 2.33 bits per heavy atom. The molecule has 0 saturated carbocycles. The van der Waals surface area contributed by atoms with Gasteiger partial charge in [-0.15, -0.1) is 0 Å². The predicted molar refractivity (Wildman–Crippen MR) is 107 cm³/mol. The van der Waals surface area contributed by atoms with Crippen LogP contribution in [0.25, 0.3) is 6.08 Å². The first kappa shape index (κ1) is 22.0. The van der Waals surface area contributed by atoms with Crippen LogP contribution in [0.1, 0.15) is 37.5 Å². The summed E-state index contributed by atoms with van der Waals surface area (Å²) in [4.78, 5) is 11.2. The van der Waals surface area contributed by atoms with Gasteiger partial charge in [0, 0.05) is 11.6 Å². The number of aryl methyl sites for hydroxylation is 1. The van der Waals surface area contributed by atoms with Gasteiger partial charge in [-0.25, -0.2) is 4.79 Å². The highest BCUT2D eigenvalue weighted by Gasteiger charge is 2.48. The Balaban J connectivity index is 1.99. The SMILES string of the molecule is Cc1cc(C(C)(C)C)ccc1Oc1cc2c(cc1Cl)C=C(C(=O)O)C(C(F)(F)F)O2. The van der Waals surface area contributed by atoms with E-state index in [9.17, 15) is 18.0 Å². The van der Waals surface area contributed by atoms with Crippen LogP contribution in [0.15, 0.2) is 35.9 Å². The molecule has 8 heteroatoms. The van der Waals surface area contributed by atoms with Gasteiger partial charge in [0.25, 0.3) is 0 Å². The average molecular weight is 441 g/mol. The van der Waals surface area contributed by atoms with Crippen molar-refractivity contribution in [3.63, 3.8) is 0 Å². The van der Waals surface area contributed by atoms with E-state index in [2.05, 4.69) is 20.8 Å². The van der Waals surface area contributed by atoms with E-state index in [4.69, 9.17) is 26.2 Å². The van der Waals surface area contributed by atoms with Crippen LogP contribution in [0.5, 0.6) is 17.2 Å². The highest BCUT2D eigenvalue weighted by Crippen LogP contribution is 2.43. The quantitative estimate of drug-likeness (QED) is 0.589. The standard InChI is InChI=1S/C22H20ClF3O4/c1-11-7-13(21(2,3)4)5-6-16(11)29-18-10-17-12(9-15(18)23)8-14(20(27)28)19(30-17)22(24,25)26/h5-10,19H,1-4H3,(H,27,28). The molecule has 1 N–H and O–H groups in total. The Labute approximate surface area is 176 Å². The van der Waals surface area contributed by atoms with Gasteiger partial charge in [-0.3, -0.25) is 0 Å². The molecule has 0 fully saturated rings. The Morgan fingerprint density at radius 1 is 1.13 bits per heavy atom. The molecule has 0 bridgehead atoms. The van der Waals surface area contributed by atoms with Crippen molar-refractivity contribution in [1.82, 2.24) is 0 Å². The zero-order valence-electron chi connectivity index (χ0n) is 16.7. The molecule has 30 heavy (non-hydrogen) atoms. The van der Waals surface area contributed by atoms with Crippen LogP contribution in [-0.4, -0.2) is 23.4 Å². The number of fused-ring (bicyclic) bond motifs is 1. The predicted octanol–water partition coefficient (Wildman–Crippen LogP) is 6.53. The third kappa shape index (κ3) is 4.41. The van der Waals surface area contributed by atoms with Crippen LogP contribution in [-0.2, 0) is 10.2 Å². The Morgan fingerprint density at radius 2 is 1.80 bits per heavy atom. The molecule has 1 aliphatic heterocycles. The van der Waals surface area contributed by atoms with Crippen molar-refractivity contribution in [3.8, 4) is 17.2 Å². The number of ether oxygens (including phenoxy) is 2. The molecule has 1 unspecified atom stereocenters. The van der Waals surface area contributed by atoms with Crippen LogP contribution in [0.3, 0.4) is 0 Å². The summed E-state index contributed by atoms with van der Waals surface area (Å²) >= 11 is 6.24. The van der Waals surface area contributed by atoms with Gasteiger partial charge in [0.05, 0.1) is 10.6 Å². The van der Waals surface area contributed by atoms with Crippen molar-refractivity contribution < 1.29 is 32.5 Å². The van der Waals surface area contributed by atoms with E-state index < -0.39 is 23.8 Å². The lowest BCUT2D eigenvalue weighted by molar-refractivity contribution is -0.187. The zero-order valence-corrected chi connectivity index (χ0v) is 17.5. The van der Waals surface area contributed by atoms with Gasteiger partial charge in [0.2, 0.25) is 6.10 Å². The maximum atomic E-state index is 13.3. The molecular weight excluding hydrogens is 421 g/mol. The molecule has 0 aromatic heterocycles. The van der Waals surface area contributed by atoms with Crippen LogP contribution in [0.2, 0.25) is 5.02 Å². The monoisotopic (exact) mass is 440 g/mol. The number of alkyl halides is 3. The maximum Gasteiger partial charge on any atom is 0.430 e. The fourth-order valence-electron chi connectivity index (χ4n) is 3.04. The Kier molecular flexibility index (Phi) is 5.54. The fourth-order valence-corrected chi connectivity index (χ4v) is 3.25. The van der Waals surface area contributed by atoms with Crippen LogP contribution in [0, 0.1) is 6.92 Å². The van der Waals surface area contributed by atoms with Crippen molar-refractivity contribution in [2.24, 2.45) is 0 Å². The summed E-state index contributed by atoms with van der Waals surface area (Å²) in [6.07, 6.45) is -6.55. The second-order valence-electron chi connectivity index (χ2n) is 8.10. The summed E-state index contributed by atoms with van der Waals surface area (Å²) in [5.41, 5.74) is 1.10. The van der Waals surface area contributed by atoms with Gasteiger partial charge in [-0.05, 0) is 41.7 Å². The molecule has 1 aliphatic rings. The molecule has 0 radical (unpaired) electrons. The summed E-state index contributed by atoms with van der Waals surface area (Å²) < 4.78 is 50.6. The lowest BCUT2D eigenvalue weighted by Crippen LogP contribution is -2.40. The minimum Gasteiger partial charge on any atom is -0.478 e. The summed E-state index contributed by atoms with van der Waals surface area (Å²) in [7, 11) is 0. The van der Waals surface area contributed by atoms with Crippen LogP contribution in [0.4, 0.5) is 13.2 Å². The molecule has 1 heterocycles. The number of carboxylic acid groups (broad SMARTS) is 1. The minimum atomic E-state index is -4.89. The first-order valence-corrected chi connectivity index (χ1v) is 9.46. The van der Waals surface area contributed by atoms with Gasteiger partial charge < -0.3 is 14.6 Å². The molecular formula is C22H20ClF3O4. The van der Waals surface area contributed by atoms with Gasteiger partial charge in [-0.2, -0.15) is 13.2 Å². The van der Waals surface area contributed by atoms with Gasteiger partial charge in [0.15, 0.2) is 0 Å². The lowest BCUT2D eigenvalue weighted by Gasteiger charge is -2.27. The molecule has 0 saturated heterocycles. The Bertz CT molecular complexity index is 1040. The zero-order chi connectivity index (χ0) is 22.4. The first-order valence-electron chi connectivity index (χ1n) is 9.08. The first-order chi connectivity index (χ1) is 13.8. The molecule has 2 aromatic carbocycles. The second-order valence-corrected chi connectivity index (χ2v) is 8.50. The van der Waals surface area contributed by atoms with Gasteiger partial charge in [0.1, 0.15) is 17.2 Å². The molecule has 0 spiro atoms. The molecule has 0 amide bonds. The van der Waals surface area contributed by atoms with Crippen molar-refractivity contribution in [1.29, 1.82) is 0 Å². The summed E-state index contributed by atoms with van der Waals surface area (Å²) in [5.74, 6) is -1.27. The maximum absolute atomic E-state index is 13.3. The number of hydrogen-bond donors (Lipinski definition) is 1. The summed E-state index contributed by atoms with van der Waals surface area (Å²) in [6.45, 7) is 8.09. The van der Waals surface area contributed by atoms with E-state index >= 15 is 0 Å². The van der Waals surface area contributed by atoms with Crippen LogP contribution >= 0.6 is 11.6 Å². The average Bonchev–Trinajstić information content (AvgIpc) is 2.61. The van der Waals surface area contributed by atoms with Crippen molar-refractivity contribution in [2.45, 2.75) is 45.4 Å². The van der Waals surface area contributed by atoms with E-state index in [0.29, 0.717) is 5.75 Å². The highest BCUT2D eigenvalue weighted by molar-refractivity contribution is 6.32. The topological polar surface area (TPSA) is 55.8 Å². The number of halogens is 4. The fraction of sp³-hybridized carbons (Fsp3) is 0.318. The van der Waals surface area contributed by atoms with Crippen molar-refractivity contribution >= 4 is 23.6 Å². The van der Waals surface area contributed by atoms with Gasteiger partial charge >= 0.3 is 12.1 Å². The van der Waals surface area contributed by atoms with E-state index in [1.807, 2.05) is 19.1 Å². The lowest BCUT2D eigenvalue weighted by atomic mass is 9.86. The van der Waals surface area contributed by atoms with E-state index in [-0.39, 0.29) is 27.5 Å². The third-order valence-corrected chi connectivity index (χ3v) is 5.00. The van der Waals surface area contributed by atoms with Crippen molar-refractivity contribution in [3.05, 3.63) is 57.6 Å². The Hall–Kier alpha value is -2.67. The number of carbonyl (C=O) groups is 1.